The first-order valence-corrected chi connectivity index (χ1v) is 6.28. The quantitative estimate of drug-likeness (QED) is 0.896. The summed E-state index contributed by atoms with van der Waals surface area (Å²) in [6, 6.07) is 0. The fourth-order valence-corrected chi connectivity index (χ4v) is 2.33. The molecule has 4 heteroatoms. The second-order valence-electron chi connectivity index (χ2n) is 3.87. The van der Waals surface area contributed by atoms with Gasteiger partial charge in [-0.05, 0) is 41.6 Å². The van der Waals surface area contributed by atoms with Gasteiger partial charge < -0.3 is 5.11 Å². The molecular formula is C11H19BrN2O. The minimum atomic E-state index is 0.225. The van der Waals surface area contributed by atoms with E-state index in [4.69, 9.17) is 5.11 Å². The largest absolute Gasteiger partial charge is 0.396 e. The molecule has 0 spiro atoms. The number of hydrogen-bond donors (Lipinski definition) is 1. The Morgan fingerprint density at radius 2 is 2.13 bits per heavy atom. The van der Waals surface area contributed by atoms with Crippen molar-refractivity contribution in [3.05, 3.63) is 15.9 Å². The third-order valence-electron chi connectivity index (χ3n) is 2.55. The van der Waals surface area contributed by atoms with Gasteiger partial charge >= 0.3 is 0 Å². The van der Waals surface area contributed by atoms with Crippen molar-refractivity contribution in [1.82, 2.24) is 9.78 Å². The third kappa shape index (κ3) is 2.82. The van der Waals surface area contributed by atoms with Crippen LogP contribution in [-0.4, -0.2) is 21.5 Å². The molecule has 15 heavy (non-hydrogen) atoms. The number of aliphatic hydroxyl groups is 1. The van der Waals surface area contributed by atoms with Crippen LogP contribution in [-0.2, 0) is 19.4 Å². The summed E-state index contributed by atoms with van der Waals surface area (Å²) in [5.74, 6) is 0.285. The fourth-order valence-electron chi connectivity index (χ4n) is 1.61. The van der Waals surface area contributed by atoms with Gasteiger partial charge in [0, 0.05) is 13.2 Å². The minimum Gasteiger partial charge on any atom is -0.396 e. The Kier molecular flexibility index (Phi) is 4.80. The molecule has 0 saturated carbocycles. The average molecular weight is 275 g/mol. The van der Waals surface area contributed by atoms with E-state index in [1.54, 1.807) is 0 Å². The van der Waals surface area contributed by atoms with Crippen molar-refractivity contribution in [3.63, 3.8) is 0 Å². The Morgan fingerprint density at radius 1 is 1.47 bits per heavy atom. The number of aromatic nitrogens is 2. The number of hydrogen-bond acceptors (Lipinski definition) is 2. The van der Waals surface area contributed by atoms with Crippen LogP contribution in [0, 0.1) is 5.92 Å². The highest BCUT2D eigenvalue weighted by Gasteiger charge is 2.15. The van der Waals surface area contributed by atoms with E-state index in [2.05, 4.69) is 34.9 Å². The summed E-state index contributed by atoms with van der Waals surface area (Å²) in [6.45, 7) is 7.35. The van der Waals surface area contributed by atoms with Gasteiger partial charge in [-0.25, -0.2) is 0 Å². The van der Waals surface area contributed by atoms with E-state index in [1.165, 1.54) is 5.69 Å². The van der Waals surface area contributed by atoms with Gasteiger partial charge in [-0.15, -0.1) is 0 Å². The second-order valence-corrected chi connectivity index (χ2v) is 4.66. The van der Waals surface area contributed by atoms with Crippen molar-refractivity contribution in [2.24, 2.45) is 5.92 Å². The van der Waals surface area contributed by atoms with E-state index in [9.17, 15) is 0 Å². The van der Waals surface area contributed by atoms with Gasteiger partial charge in [0.05, 0.1) is 15.9 Å². The maximum absolute atomic E-state index is 9.07. The molecule has 0 fully saturated rings. The number of aliphatic hydroxyl groups excluding tert-OH is 1. The highest BCUT2D eigenvalue weighted by Crippen LogP contribution is 2.24. The topological polar surface area (TPSA) is 38.0 Å². The minimum absolute atomic E-state index is 0.225. The van der Waals surface area contributed by atoms with E-state index >= 15 is 0 Å². The summed E-state index contributed by atoms with van der Waals surface area (Å²) < 4.78 is 3.14. The highest BCUT2D eigenvalue weighted by atomic mass is 79.9. The summed E-state index contributed by atoms with van der Waals surface area (Å²) in [5.41, 5.74) is 2.31. The maximum atomic E-state index is 9.07. The summed E-state index contributed by atoms with van der Waals surface area (Å²) in [4.78, 5) is 0. The lowest BCUT2D eigenvalue weighted by molar-refractivity contribution is 0.235. The number of halogens is 1. The molecule has 1 N–H and O–H groups in total. The van der Waals surface area contributed by atoms with E-state index in [-0.39, 0.29) is 12.5 Å². The maximum Gasteiger partial charge on any atom is 0.0766 e. The lowest BCUT2D eigenvalue weighted by Gasteiger charge is -2.09. The molecule has 1 atom stereocenters. The molecule has 0 radical (unpaired) electrons. The molecule has 1 heterocycles. The van der Waals surface area contributed by atoms with Gasteiger partial charge in [0.2, 0.25) is 0 Å². The molecule has 0 aromatic carbocycles. The Hall–Kier alpha value is -0.350. The van der Waals surface area contributed by atoms with Crippen LogP contribution in [0.1, 0.15) is 32.2 Å². The van der Waals surface area contributed by atoms with Crippen LogP contribution >= 0.6 is 15.9 Å². The van der Waals surface area contributed by atoms with Gasteiger partial charge in [0.15, 0.2) is 0 Å². The fraction of sp³-hybridized carbons (Fsp3) is 0.727. The lowest BCUT2D eigenvalue weighted by atomic mass is 10.1. The Labute approximate surface area is 99.6 Å². The zero-order chi connectivity index (χ0) is 11.4. The molecule has 1 rings (SSSR count). The first-order valence-electron chi connectivity index (χ1n) is 5.48. The van der Waals surface area contributed by atoms with Crippen LogP contribution in [0.3, 0.4) is 0 Å². The van der Waals surface area contributed by atoms with Gasteiger partial charge in [-0.1, -0.05) is 13.8 Å². The highest BCUT2D eigenvalue weighted by molar-refractivity contribution is 9.10. The van der Waals surface area contributed by atoms with Crippen molar-refractivity contribution in [2.45, 2.75) is 40.2 Å². The number of aryl methyl sites for hydroxylation is 2. The summed E-state index contributed by atoms with van der Waals surface area (Å²) in [7, 11) is 0. The predicted octanol–water partition coefficient (Wildman–Crippen LogP) is 2.40. The van der Waals surface area contributed by atoms with Crippen LogP contribution < -0.4 is 0 Å². The predicted molar refractivity (Wildman–Crippen MR) is 64.9 cm³/mol. The van der Waals surface area contributed by atoms with Crippen molar-refractivity contribution in [3.8, 4) is 0 Å². The van der Waals surface area contributed by atoms with Gasteiger partial charge in [-0.3, -0.25) is 4.68 Å². The number of nitrogens with zero attached hydrogens (tertiary/aromatic N) is 2. The van der Waals surface area contributed by atoms with Crippen LogP contribution in [0.5, 0.6) is 0 Å². The lowest BCUT2D eigenvalue weighted by Crippen LogP contribution is -2.10. The smallest absolute Gasteiger partial charge is 0.0766 e. The molecule has 0 saturated heterocycles. The summed E-state index contributed by atoms with van der Waals surface area (Å²) in [5, 5.41) is 13.6. The molecule has 0 aliphatic rings. The molecule has 3 nitrogen and oxygen atoms in total. The zero-order valence-corrected chi connectivity index (χ0v) is 11.2. The van der Waals surface area contributed by atoms with Crippen LogP contribution in [0.15, 0.2) is 4.47 Å². The van der Waals surface area contributed by atoms with Crippen LogP contribution in [0.4, 0.5) is 0 Å². The molecule has 86 valence electrons. The zero-order valence-electron chi connectivity index (χ0n) is 9.63. The van der Waals surface area contributed by atoms with Gasteiger partial charge in [0.1, 0.15) is 0 Å². The first kappa shape index (κ1) is 12.7. The summed E-state index contributed by atoms with van der Waals surface area (Å²) in [6.07, 6.45) is 1.81. The van der Waals surface area contributed by atoms with E-state index in [0.717, 1.165) is 29.6 Å². The molecule has 1 aromatic heterocycles. The first-order chi connectivity index (χ1) is 7.13. The van der Waals surface area contributed by atoms with E-state index in [1.807, 2.05) is 11.6 Å². The van der Waals surface area contributed by atoms with Crippen molar-refractivity contribution < 1.29 is 5.11 Å². The molecule has 0 aliphatic carbocycles. The monoisotopic (exact) mass is 274 g/mol. The van der Waals surface area contributed by atoms with Gasteiger partial charge in [0.25, 0.3) is 0 Å². The summed E-state index contributed by atoms with van der Waals surface area (Å²) >= 11 is 3.60. The Bertz CT molecular complexity index is 323. The van der Waals surface area contributed by atoms with Crippen molar-refractivity contribution >= 4 is 15.9 Å². The molecular weight excluding hydrogens is 256 g/mol. The molecule has 0 bridgehead atoms. The van der Waals surface area contributed by atoms with E-state index < -0.39 is 0 Å². The van der Waals surface area contributed by atoms with Crippen molar-refractivity contribution in [1.29, 1.82) is 0 Å². The van der Waals surface area contributed by atoms with Gasteiger partial charge in [-0.2, -0.15) is 5.10 Å². The SMILES string of the molecule is CCc1nn(CC)c(CC(C)CO)c1Br. The Morgan fingerprint density at radius 3 is 2.60 bits per heavy atom. The second kappa shape index (κ2) is 5.66. The number of rotatable bonds is 5. The van der Waals surface area contributed by atoms with Crippen LogP contribution in [0.25, 0.3) is 0 Å². The van der Waals surface area contributed by atoms with Crippen molar-refractivity contribution in [2.75, 3.05) is 6.61 Å². The average Bonchev–Trinajstić information content (AvgIpc) is 2.55. The van der Waals surface area contributed by atoms with Crippen LogP contribution in [0.2, 0.25) is 0 Å². The van der Waals surface area contributed by atoms with E-state index in [0.29, 0.717) is 0 Å². The molecule has 1 aromatic rings. The standard InChI is InChI=1S/C11H19BrN2O/c1-4-9-11(12)10(6-8(3)7-15)14(5-2)13-9/h8,15H,4-7H2,1-3H3. The molecule has 0 amide bonds. The molecule has 0 aliphatic heterocycles. The normalized spacial score (nSPS) is 13.1. The molecule has 1 unspecified atom stereocenters. The third-order valence-corrected chi connectivity index (χ3v) is 3.46. The Balaban J connectivity index is 2.97.